The Kier molecular flexibility index (Phi) is 4.01. The highest BCUT2D eigenvalue weighted by atomic mass is 79.9. The van der Waals surface area contributed by atoms with Crippen molar-refractivity contribution in [3.05, 3.63) is 52.5 Å². The third-order valence-corrected chi connectivity index (χ3v) is 2.68. The van der Waals surface area contributed by atoms with Crippen LogP contribution in [0.25, 0.3) is 0 Å². The van der Waals surface area contributed by atoms with Gasteiger partial charge < -0.3 is 11.1 Å². The first kappa shape index (κ1) is 12.7. The maximum atomic E-state index is 12.0. The lowest BCUT2D eigenvalue weighted by Crippen LogP contribution is -2.13. The monoisotopic (exact) mass is 306 g/mol. The second-order valence-corrected chi connectivity index (χ2v) is 4.50. The van der Waals surface area contributed by atoms with E-state index in [0.717, 1.165) is 4.47 Å². The van der Waals surface area contributed by atoms with Crippen LogP contribution in [0.1, 0.15) is 16.1 Å². The molecule has 0 spiro atoms. The molecule has 1 amide bonds. The van der Waals surface area contributed by atoms with Gasteiger partial charge in [-0.3, -0.25) is 14.8 Å². The third kappa shape index (κ3) is 3.12. The summed E-state index contributed by atoms with van der Waals surface area (Å²) in [5, 5.41) is 2.75. The number of anilines is 1. The molecular weight excluding hydrogens is 296 g/mol. The van der Waals surface area contributed by atoms with E-state index >= 15 is 0 Å². The smallest absolute Gasteiger partial charge is 0.255 e. The van der Waals surface area contributed by atoms with E-state index in [1.54, 1.807) is 36.8 Å². The molecule has 18 heavy (non-hydrogen) atoms. The average Bonchev–Trinajstić information content (AvgIpc) is 2.39. The predicted octanol–water partition coefficient (Wildman–Crippen LogP) is 1.95. The Labute approximate surface area is 113 Å². The summed E-state index contributed by atoms with van der Waals surface area (Å²) < 4.78 is 0.803. The van der Waals surface area contributed by atoms with Crippen LogP contribution in [0.3, 0.4) is 0 Å². The fourth-order valence-corrected chi connectivity index (χ4v) is 1.78. The summed E-state index contributed by atoms with van der Waals surface area (Å²) in [5.41, 5.74) is 7.30. The van der Waals surface area contributed by atoms with Crippen molar-refractivity contribution in [2.75, 3.05) is 5.32 Å². The van der Waals surface area contributed by atoms with Crippen LogP contribution in [-0.2, 0) is 6.54 Å². The van der Waals surface area contributed by atoms with Gasteiger partial charge in [-0.25, -0.2) is 0 Å². The maximum Gasteiger partial charge on any atom is 0.255 e. The normalized spacial score (nSPS) is 10.1. The van der Waals surface area contributed by atoms with Crippen LogP contribution in [-0.4, -0.2) is 15.9 Å². The third-order valence-electron chi connectivity index (χ3n) is 2.25. The van der Waals surface area contributed by atoms with Crippen molar-refractivity contribution in [3.8, 4) is 0 Å². The van der Waals surface area contributed by atoms with E-state index in [4.69, 9.17) is 5.73 Å². The highest BCUT2D eigenvalue weighted by Gasteiger charge is 2.07. The van der Waals surface area contributed by atoms with Crippen molar-refractivity contribution in [3.63, 3.8) is 0 Å². The molecule has 2 heterocycles. The first-order chi connectivity index (χ1) is 8.69. The molecule has 0 saturated carbocycles. The van der Waals surface area contributed by atoms with Gasteiger partial charge in [-0.15, -0.1) is 0 Å². The van der Waals surface area contributed by atoms with Gasteiger partial charge in [-0.2, -0.15) is 0 Å². The van der Waals surface area contributed by atoms with Crippen LogP contribution in [0.5, 0.6) is 0 Å². The minimum Gasteiger partial charge on any atom is -0.325 e. The summed E-state index contributed by atoms with van der Waals surface area (Å²) in [6.07, 6.45) is 4.79. The molecule has 3 N–H and O–H groups in total. The van der Waals surface area contributed by atoms with E-state index in [1.807, 2.05) is 0 Å². The summed E-state index contributed by atoms with van der Waals surface area (Å²) in [6.45, 7) is 0.305. The number of carbonyl (C=O) groups excluding carboxylic acids is 1. The number of aromatic nitrogens is 2. The zero-order valence-electron chi connectivity index (χ0n) is 9.43. The van der Waals surface area contributed by atoms with Crippen molar-refractivity contribution < 1.29 is 4.79 Å². The van der Waals surface area contributed by atoms with Crippen LogP contribution in [0, 0.1) is 0 Å². The zero-order valence-corrected chi connectivity index (χ0v) is 11.0. The van der Waals surface area contributed by atoms with E-state index in [2.05, 4.69) is 31.2 Å². The first-order valence-corrected chi connectivity index (χ1v) is 6.05. The number of hydrogen-bond donors (Lipinski definition) is 2. The Morgan fingerprint density at radius 3 is 2.94 bits per heavy atom. The highest BCUT2D eigenvalue weighted by molar-refractivity contribution is 9.10. The number of rotatable bonds is 3. The number of hydrogen-bond acceptors (Lipinski definition) is 4. The quantitative estimate of drug-likeness (QED) is 0.908. The minimum atomic E-state index is -0.216. The SMILES string of the molecule is NCc1cc(C(=O)Nc2cncc(Br)c2)ccn1. The van der Waals surface area contributed by atoms with Crippen molar-refractivity contribution in [1.29, 1.82) is 0 Å². The Bertz CT molecular complexity index is 574. The molecular formula is C12H11BrN4O. The molecule has 0 aliphatic heterocycles. The molecule has 2 aromatic heterocycles. The second kappa shape index (κ2) is 5.70. The van der Waals surface area contributed by atoms with Gasteiger partial charge in [0.05, 0.1) is 17.6 Å². The van der Waals surface area contributed by atoms with Gasteiger partial charge in [0, 0.05) is 29.0 Å². The van der Waals surface area contributed by atoms with Gasteiger partial charge in [-0.05, 0) is 34.1 Å². The van der Waals surface area contributed by atoms with Crippen LogP contribution in [0.2, 0.25) is 0 Å². The summed E-state index contributed by atoms with van der Waals surface area (Å²) in [6, 6.07) is 5.08. The van der Waals surface area contributed by atoms with Crippen molar-refractivity contribution >= 4 is 27.5 Å². The number of pyridine rings is 2. The van der Waals surface area contributed by atoms with Gasteiger partial charge >= 0.3 is 0 Å². The van der Waals surface area contributed by atoms with E-state index in [0.29, 0.717) is 23.5 Å². The van der Waals surface area contributed by atoms with E-state index < -0.39 is 0 Å². The van der Waals surface area contributed by atoms with Crippen molar-refractivity contribution in [2.24, 2.45) is 5.73 Å². The maximum absolute atomic E-state index is 12.0. The van der Waals surface area contributed by atoms with Crippen LogP contribution < -0.4 is 11.1 Å². The molecule has 0 fully saturated rings. The molecule has 2 aromatic rings. The molecule has 0 unspecified atom stereocenters. The molecule has 0 bridgehead atoms. The second-order valence-electron chi connectivity index (χ2n) is 3.59. The molecule has 0 aromatic carbocycles. The van der Waals surface area contributed by atoms with Gasteiger partial charge in [0.2, 0.25) is 0 Å². The van der Waals surface area contributed by atoms with E-state index in [9.17, 15) is 4.79 Å². The standard InChI is InChI=1S/C12H11BrN4O/c13-9-4-11(7-15-6-9)17-12(18)8-1-2-16-10(3-8)5-14/h1-4,6-7H,5,14H2,(H,17,18). The Morgan fingerprint density at radius 1 is 1.39 bits per heavy atom. The zero-order chi connectivity index (χ0) is 13.0. The number of halogens is 1. The fraction of sp³-hybridized carbons (Fsp3) is 0.0833. The lowest BCUT2D eigenvalue weighted by atomic mass is 10.2. The average molecular weight is 307 g/mol. The Balaban J connectivity index is 2.16. The highest BCUT2D eigenvalue weighted by Crippen LogP contribution is 2.14. The lowest BCUT2D eigenvalue weighted by molar-refractivity contribution is 0.102. The van der Waals surface area contributed by atoms with Gasteiger partial charge in [0.25, 0.3) is 5.91 Å². The Morgan fingerprint density at radius 2 is 2.22 bits per heavy atom. The van der Waals surface area contributed by atoms with Gasteiger partial charge in [0.15, 0.2) is 0 Å². The lowest BCUT2D eigenvalue weighted by Gasteiger charge is -2.05. The number of amides is 1. The van der Waals surface area contributed by atoms with Gasteiger partial charge in [-0.1, -0.05) is 0 Å². The minimum absolute atomic E-state index is 0.216. The molecule has 0 atom stereocenters. The summed E-state index contributed by atoms with van der Waals surface area (Å²) in [5.74, 6) is -0.216. The molecule has 2 rings (SSSR count). The number of nitrogens with one attached hydrogen (secondary N) is 1. The van der Waals surface area contributed by atoms with Crippen LogP contribution >= 0.6 is 15.9 Å². The number of nitrogens with zero attached hydrogens (tertiary/aromatic N) is 2. The molecule has 0 aliphatic rings. The van der Waals surface area contributed by atoms with Crippen molar-refractivity contribution in [1.82, 2.24) is 9.97 Å². The van der Waals surface area contributed by atoms with Crippen LogP contribution in [0.15, 0.2) is 41.3 Å². The topological polar surface area (TPSA) is 80.9 Å². The largest absolute Gasteiger partial charge is 0.325 e. The van der Waals surface area contributed by atoms with E-state index in [1.165, 1.54) is 0 Å². The summed E-state index contributed by atoms with van der Waals surface area (Å²) in [7, 11) is 0. The molecule has 5 nitrogen and oxygen atoms in total. The first-order valence-electron chi connectivity index (χ1n) is 5.26. The molecule has 0 saturated heterocycles. The molecule has 0 aliphatic carbocycles. The predicted molar refractivity (Wildman–Crippen MR) is 72.0 cm³/mol. The van der Waals surface area contributed by atoms with Gasteiger partial charge in [0.1, 0.15) is 0 Å². The summed E-state index contributed by atoms with van der Waals surface area (Å²) in [4.78, 5) is 20.0. The fourth-order valence-electron chi connectivity index (χ4n) is 1.41. The molecule has 0 radical (unpaired) electrons. The summed E-state index contributed by atoms with van der Waals surface area (Å²) >= 11 is 3.29. The number of nitrogens with two attached hydrogens (primary N) is 1. The van der Waals surface area contributed by atoms with Crippen LogP contribution in [0.4, 0.5) is 5.69 Å². The number of carbonyl (C=O) groups is 1. The Hall–Kier alpha value is -1.79. The molecule has 6 heteroatoms. The molecule has 92 valence electrons. The van der Waals surface area contributed by atoms with E-state index in [-0.39, 0.29) is 5.91 Å². The van der Waals surface area contributed by atoms with Crippen molar-refractivity contribution in [2.45, 2.75) is 6.54 Å².